The molecule has 2 amide bonds. The monoisotopic (exact) mass is 377 g/mol. The number of methoxy groups -OCH3 is 1. The molecule has 2 aromatic heterocycles. The van der Waals surface area contributed by atoms with Crippen LogP contribution in [-0.4, -0.2) is 59.3 Å². The standard InChI is InChI=1S/C17H23N5O5/c1-9-11(10(2)26-20-9)5-15(23)22-6-12(16(24)18-3)13(7-22)17-19-14(8-25-4)21-27-17/h12-13H,5-8H2,1-4H3,(H,18,24)/t12-,13-/m1/s1. The van der Waals surface area contributed by atoms with Crippen LogP contribution >= 0.6 is 0 Å². The first kappa shape index (κ1) is 19.0. The van der Waals surface area contributed by atoms with Crippen LogP contribution in [0.2, 0.25) is 0 Å². The van der Waals surface area contributed by atoms with Gasteiger partial charge in [-0.15, -0.1) is 0 Å². The molecule has 1 aliphatic rings. The number of aromatic nitrogens is 3. The number of hydrogen-bond donors (Lipinski definition) is 1. The first-order valence-electron chi connectivity index (χ1n) is 8.67. The molecule has 0 unspecified atom stereocenters. The van der Waals surface area contributed by atoms with Crippen molar-refractivity contribution in [2.75, 3.05) is 27.2 Å². The lowest BCUT2D eigenvalue weighted by atomic mass is 9.95. The van der Waals surface area contributed by atoms with Crippen molar-refractivity contribution in [3.05, 3.63) is 28.7 Å². The Balaban J connectivity index is 1.78. The second kappa shape index (κ2) is 7.87. The number of nitrogens with one attached hydrogen (secondary N) is 1. The van der Waals surface area contributed by atoms with Gasteiger partial charge in [-0.1, -0.05) is 10.3 Å². The van der Waals surface area contributed by atoms with Gasteiger partial charge in [0.1, 0.15) is 12.4 Å². The van der Waals surface area contributed by atoms with Gasteiger partial charge in [0.2, 0.25) is 17.7 Å². The Kier molecular flexibility index (Phi) is 5.54. The zero-order valence-corrected chi connectivity index (χ0v) is 15.8. The molecular formula is C17H23N5O5. The van der Waals surface area contributed by atoms with Crippen LogP contribution in [0.4, 0.5) is 0 Å². The van der Waals surface area contributed by atoms with Gasteiger partial charge in [0.25, 0.3) is 0 Å². The van der Waals surface area contributed by atoms with Crippen molar-refractivity contribution in [1.29, 1.82) is 0 Å². The summed E-state index contributed by atoms with van der Waals surface area (Å²) in [6.45, 7) is 4.41. The van der Waals surface area contributed by atoms with E-state index < -0.39 is 5.92 Å². The summed E-state index contributed by atoms with van der Waals surface area (Å²) in [6.07, 6.45) is 0.174. The fourth-order valence-corrected chi connectivity index (χ4v) is 3.33. The van der Waals surface area contributed by atoms with Crippen LogP contribution in [0.1, 0.15) is 34.7 Å². The average molecular weight is 377 g/mol. The minimum atomic E-state index is -0.459. The summed E-state index contributed by atoms with van der Waals surface area (Å²) in [5.74, 6) is 0.278. The predicted molar refractivity (Wildman–Crippen MR) is 91.6 cm³/mol. The molecule has 2 aromatic rings. The third-order valence-electron chi connectivity index (χ3n) is 4.84. The lowest BCUT2D eigenvalue weighted by molar-refractivity contribution is -0.130. The highest BCUT2D eigenvalue weighted by Crippen LogP contribution is 2.32. The molecule has 10 nitrogen and oxygen atoms in total. The van der Waals surface area contributed by atoms with E-state index in [1.165, 1.54) is 7.11 Å². The summed E-state index contributed by atoms with van der Waals surface area (Å²) in [4.78, 5) is 31.1. The van der Waals surface area contributed by atoms with E-state index >= 15 is 0 Å². The number of rotatable bonds is 6. The summed E-state index contributed by atoms with van der Waals surface area (Å²) < 4.78 is 15.4. The molecule has 1 fully saturated rings. The maximum absolute atomic E-state index is 12.8. The molecule has 0 saturated carbocycles. The molecule has 146 valence electrons. The van der Waals surface area contributed by atoms with Gasteiger partial charge in [-0.25, -0.2) is 0 Å². The second-order valence-electron chi connectivity index (χ2n) is 6.59. The van der Waals surface area contributed by atoms with Crippen molar-refractivity contribution in [2.45, 2.75) is 32.8 Å². The van der Waals surface area contributed by atoms with Crippen molar-refractivity contribution >= 4 is 11.8 Å². The Bertz CT molecular complexity index is 810. The van der Waals surface area contributed by atoms with Crippen LogP contribution in [0.25, 0.3) is 0 Å². The van der Waals surface area contributed by atoms with Crippen LogP contribution in [0.5, 0.6) is 0 Å². The maximum atomic E-state index is 12.8. The molecule has 10 heteroatoms. The molecule has 27 heavy (non-hydrogen) atoms. The Labute approximate surface area is 156 Å². The number of aryl methyl sites for hydroxylation is 2. The van der Waals surface area contributed by atoms with Crippen LogP contribution in [0.15, 0.2) is 9.05 Å². The van der Waals surface area contributed by atoms with Gasteiger partial charge in [0, 0.05) is 32.8 Å². The highest BCUT2D eigenvalue weighted by molar-refractivity contribution is 5.84. The van der Waals surface area contributed by atoms with Gasteiger partial charge >= 0.3 is 0 Å². The maximum Gasteiger partial charge on any atom is 0.232 e. The van der Waals surface area contributed by atoms with Crippen LogP contribution in [0.3, 0.4) is 0 Å². The molecule has 0 spiro atoms. The summed E-state index contributed by atoms with van der Waals surface area (Å²) in [6, 6.07) is 0. The van der Waals surface area contributed by atoms with E-state index in [0.717, 1.165) is 5.56 Å². The van der Waals surface area contributed by atoms with Crippen LogP contribution < -0.4 is 5.32 Å². The number of hydrogen-bond acceptors (Lipinski definition) is 8. The lowest BCUT2D eigenvalue weighted by Crippen LogP contribution is -2.34. The van der Waals surface area contributed by atoms with E-state index in [9.17, 15) is 9.59 Å². The van der Waals surface area contributed by atoms with Gasteiger partial charge in [0.05, 0.1) is 24.0 Å². The van der Waals surface area contributed by atoms with Crippen molar-refractivity contribution in [2.24, 2.45) is 5.92 Å². The van der Waals surface area contributed by atoms with Crippen LogP contribution in [-0.2, 0) is 27.4 Å². The van der Waals surface area contributed by atoms with E-state index in [1.54, 1.807) is 25.8 Å². The van der Waals surface area contributed by atoms with E-state index in [1.807, 2.05) is 0 Å². The zero-order valence-electron chi connectivity index (χ0n) is 15.8. The minimum absolute atomic E-state index is 0.0996. The molecule has 1 N–H and O–H groups in total. The number of nitrogens with zero attached hydrogens (tertiary/aromatic N) is 4. The summed E-state index contributed by atoms with van der Waals surface area (Å²) in [5, 5.41) is 10.4. The molecule has 0 radical (unpaired) electrons. The zero-order chi connectivity index (χ0) is 19.6. The quantitative estimate of drug-likeness (QED) is 0.765. The van der Waals surface area contributed by atoms with E-state index in [-0.39, 0.29) is 37.3 Å². The molecule has 0 bridgehead atoms. The molecule has 3 heterocycles. The van der Waals surface area contributed by atoms with E-state index in [2.05, 4.69) is 20.6 Å². The van der Waals surface area contributed by atoms with Gasteiger partial charge in [-0.05, 0) is 13.8 Å². The largest absolute Gasteiger partial charge is 0.377 e. The molecule has 1 saturated heterocycles. The van der Waals surface area contributed by atoms with Crippen molar-refractivity contribution in [1.82, 2.24) is 25.5 Å². The van der Waals surface area contributed by atoms with E-state index in [0.29, 0.717) is 29.7 Å². The Hall–Kier alpha value is -2.75. The molecule has 2 atom stereocenters. The molecule has 0 aliphatic carbocycles. The van der Waals surface area contributed by atoms with Gasteiger partial charge in [0.15, 0.2) is 5.82 Å². The highest BCUT2D eigenvalue weighted by atomic mass is 16.5. The third-order valence-corrected chi connectivity index (χ3v) is 4.84. The predicted octanol–water partition coefficient (Wildman–Crippen LogP) is 0.352. The number of carbonyl (C=O) groups excluding carboxylic acids is 2. The highest BCUT2D eigenvalue weighted by Gasteiger charge is 2.43. The Morgan fingerprint density at radius 1 is 1.26 bits per heavy atom. The first-order valence-corrected chi connectivity index (χ1v) is 8.67. The SMILES string of the molecule is CNC(=O)[C@@H]1CN(C(=O)Cc2c(C)noc2C)C[C@H]1c1nc(COC)no1. The number of ether oxygens (including phenoxy) is 1. The van der Waals surface area contributed by atoms with Gasteiger partial charge in [-0.3, -0.25) is 9.59 Å². The Morgan fingerprint density at radius 2 is 2.04 bits per heavy atom. The Morgan fingerprint density at radius 3 is 2.67 bits per heavy atom. The lowest BCUT2D eigenvalue weighted by Gasteiger charge is -2.15. The normalized spacial score (nSPS) is 19.5. The molecular weight excluding hydrogens is 354 g/mol. The van der Waals surface area contributed by atoms with Gasteiger partial charge < -0.3 is 24.0 Å². The topological polar surface area (TPSA) is 124 Å². The fraction of sp³-hybridized carbons (Fsp3) is 0.588. The fourth-order valence-electron chi connectivity index (χ4n) is 3.33. The van der Waals surface area contributed by atoms with Crippen molar-refractivity contribution in [3.63, 3.8) is 0 Å². The van der Waals surface area contributed by atoms with Gasteiger partial charge in [-0.2, -0.15) is 4.98 Å². The summed E-state index contributed by atoms with van der Waals surface area (Å²) >= 11 is 0. The number of likely N-dealkylation sites (tertiary alicyclic amines) is 1. The van der Waals surface area contributed by atoms with Crippen molar-refractivity contribution < 1.29 is 23.4 Å². The average Bonchev–Trinajstić information content (AvgIpc) is 3.36. The number of amides is 2. The summed E-state index contributed by atoms with van der Waals surface area (Å²) in [5.41, 5.74) is 1.47. The smallest absolute Gasteiger partial charge is 0.232 e. The first-order chi connectivity index (χ1) is 12.9. The summed E-state index contributed by atoms with van der Waals surface area (Å²) in [7, 11) is 3.10. The second-order valence-corrected chi connectivity index (χ2v) is 6.59. The molecule has 0 aromatic carbocycles. The molecule has 1 aliphatic heterocycles. The van der Waals surface area contributed by atoms with Crippen molar-refractivity contribution in [3.8, 4) is 0 Å². The minimum Gasteiger partial charge on any atom is -0.377 e. The third kappa shape index (κ3) is 3.85. The number of carbonyl (C=O) groups is 2. The van der Waals surface area contributed by atoms with E-state index in [4.69, 9.17) is 13.8 Å². The van der Waals surface area contributed by atoms with Crippen LogP contribution in [0, 0.1) is 19.8 Å². The molecule has 3 rings (SSSR count).